The molecule has 6 nitrogen and oxygen atoms in total. The molecule has 20 heavy (non-hydrogen) atoms. The van der Waals surface area contributed by atoms with E-state index in [9.17, 15) is 4.79 Å². The summed E-state index contributed by atoms with van der Waals surface area (Å²) in [7, 11) is 0. The number of ether oxygens (including phenoxy) is 1. The molecule has 1 aliphatic rings. The van der Waals surface area contributed by atoms with E-state index in [1.807, 2.05) is 12.1 Å². The highest BCUT2D eigenvalue weighted by Crippen LogP contribution is 2.23. The SMILES string of the molecule is N#Cc1ncccc1N1CCC(OCCC(=O)O)CC1. The number of aliphatic carboxylic acids is 1. The second kappa shape index (κ2) is 6.87. The van der Waals surface area contributed by atoms with Gasteiger partial charge in [-0.15, -0.1) is 0 Å². The summed E-state index contributed by atoms with van der Waals surface area (Å²) < 4.78 is 5.55. The molecule has 1 N–H and O–H groups in total. The number of hydrogen-bond acceptors (Lipinski definition) is 5. The number of pyridine rings is 1. The molecule has 0 aromatic carbocycles. The molecule has 0 aliphatic carbocycles. The standard InChI is InChI=1S/C14H17N3O3/c15-10-12-13(2-1-6-16-12)17-7-3-11(4-8-17)20-9-5-14(18)19/h1-2,6,11H,3-5,7-9H2,(H,18,19). The minimum atomic E-state index is -0.837. The first-order chi connectivity index (χ1) is 9.70. The van der Waals surface area contributed by atoms with E-state index >= 15 is 0 Å². The number of carboxylic acid groups (broad SMARTS) is 1. The topological polar surface area (TPSA) is 86.5 Å². The van der Waals surface area contributed by atoms with Crippen LogP contribution in [0.25, 0.3) is 0 Å². The summed E-state index contributed by atoms with van der Waals surface area (Å²) >= 11 is 0. The average molecular weight is 275 g/mol. The fraction of sp³-hybridized carbons (Fsp3) is 0.500. The molecule has 0 radical (unpaired) electrons. The van der Waals surface area contributed by atoms with Crippen LogP contribution in [0.5, 0.6) is 0 Å². The fourth-order valence-corrected chi connectivity index (χ4v) is 2.31. The number of carbonyl (C=O) groups is 1. The number of anilines is 1. The number of aromatic nitrogens is 1. The molecular formula is C14H17N3O3. The third-order valence-corrected chi connectivity index (χ3v) is 3.34. The van der Waals surface area contributed by atoms with Crippen molar-refractivity contribution in [3.63, 3.8) is 0 Å². The van der Waals surface area contributed by atoms with Gasteiger partial charge in [-0.1, -0.05) is 0 Å². The van der Waals surface area contributed by atoms with Crippen molar-refractivity contribution in [3.05, 3.63) is 24.0 Å². The Morgan fingerprint density at radius 3 is 2.95 bits per heavy atom. The number of nitrogens with zero attached hydrogens (tertiary/aromatic N) is 3. The van der Waals surface area contributed by atoms with Crippen LogP contribution in [-0.2, 0) is 9.53 Å². The molecule has 0 saturated carbocycles. The summed E-state index contributed by atoms with van der Waals surface area (Å²) in [5.41, 5.74) is 1.30. The molecule has 0 unspecified atom stereocenters. The van der Waals surface area contributed by atoms with Gasteiger partial charge in [-0.2, -0.15) is 5.26 Å². The van der Waals surface area contributed by atoms with Crippen LogP contribution in [0.15, 0.2) is 18.3 Å². The zero-order valence-corrected chi connectivity index (χ0v) is 11.2. The van der Waals surface area contributed by atoms with Crippen molar-refractivity contribution in [3.8, 4) is 6.07 Å². The largest absolute Gasteiger partial charge is 0.481 e. The van der Waals surface area contributed by atoms with E-state index in [-0.39, 0.29) is 19.1 Å². The summed E-state index contributed by atoms with van der Waals surface area (Å²) in [6.45, 7) is 1.84. The monoisotopic (exact) mass is 275 g/mol. The molecule has 0 spiro atoms. The van der Waals surface area contributed by atoms with E-state index in [0.717, 1.165) is 31.6 Å². The lowest BCUT2D eigenvalue weighted by Gasteiger charge is -2.33. The highest BCUT2D eigenvalue weighted by molar-refractivity contribution is 5.66. The van der Waals surface area contributed by atoms with E-state index in [0.29, 0.717) is 5.69 Å². The van der Waals surface area contributed by atoms with E-state index in [2.05, 4.69) is 16.0 Å². The Morgan fingerprint density at radius 2 is 2.30 bits per heavy atom. The van der Waals surface area contributed by atoms with Crippen molar-refractivity contribution in [1.29, 1.82) is 5.26 Å². The van der Waals surface area contributed by atoms with Crippen LogP contribution in [-0.4, -0.2) is 41.9 Å². The molecule has 106 valence electrons. The van der Waals surface area contributed by atoms with Crippen molar-refractivity contribution in [2.75, 3.05) is 24.6 Å². The second-order valence-electron chi connectivity index (χ2n) is 4.68. The summed E-state index contributed by atoms with van der Waals surface area (Å²) in [5.74, 6) is -0.837. The van der Waals surface area contributed by atoms with Crippen LogP contribution in [0.1, 0.15) is 25.0 Å². The highest BCUT2D eigenvalue weighted by Gasteiger charge is 2.21. The molecule has 0 atom stereocenters. The smallest absolute Gasteiger partial charge is 0.305 e. The van der Waals surface area contributed by atoms with Crippen LogP contribution >= 0.6 is 0 Å². The van der Waals surface area contributed by atoms with Crippen molar-refractivity contribution in [2.24, 2.45) is 0 Å². The lowest BCUT2D eigenvalue weighted by molar-refractivity contribution is -0.138. The molecule has 1 aromatic rings. The van der Waals surface area contributed by atoms with E-state index in [1.165, 1.54) is 0 Å². The lowest BCUT2D eigenvalue weighted by atomic mass is 10.1. The molecule has 2 heterocycles. The van der Waals surface area contributed by atoms with Crippen LogP contribution in [0.3, 0.4) is 0 Å². The molecule has 6 heteroatoms. The van der Waals surface area contributed by atoms with Crippen LogP contribution < -0.4 is 4.90 Å². The summed E-state index contributed by atoms with van der Waals surface area (Å²) in [5, 5.41) is 17.6. The van der Waals surface area contributed by atoms with E-state index < -0.39 is 5.97 Å². The summed E-state index contributed by atoms with van der Waals surface area (Å²) in [6, 6.07) is 5.83. The number of nitriles is 1. The Bertz CT molecular complexity index is 505. The third kappa shape index (κ3) is 3.68. The number of carboxylic acids is 1. The van der Waals surface area contributed by atoms with Gasteiger partial charge in [-0.25, -0.2) is 4.98 Å². The normalized spacial score (nSPS) is 15.8. The molecular weight excluding hydrogens is 258 g/mol. The summed E-state index contributed by atoms with van der Waals surface area (Å²) in [6.07, 6.45) is 3.43. The molecule has 2 rings (SSSR count). The Morgan fingerprint density at radius 1 is 1.55 bits per heavy atom. The molecule has 1 saturated heterocycles. The van der Waals surface area contributed by atoms with Crippen molar-refractivity contribution in [2.45, 2.75) is 25.4 Å². The van der Waals surface area contributed by atoms with Gasteiger partial charge < -0.3 is 14.7 Å². The second-order valence-corrected chi connectivity index (χ2v) is 4.68. The van der Waals surface area contributed by atoms with Crippen molar-refractivity contribution in [1.82, 2.24) is 4.98 Å². The molecule has 1 aromatic heterocycles. The first-order valence-electron chi connectivity index (χ1n) is 6.64. The van der Waals surface area contributed by atoms with Crippen molar-refractivity contribution >= 4 is 11.7 Å². The Balaban J connectivity index is 1.85. The van der Waals surface area contributed by atoms with Gasteiger partial charge in [0.05, 0.1) is 24.8 Å². The Hall–Kier alpha value is -2.13. The zero-order chi connectivity index (χ0) is 14.4. The Labute approximate surface area is 117 Å². The minimum Gasteiger partial charge on any atom is -0.481 e. The van der Waals surface area contributed by atoms with Gasteiger partial charge in [-0.3, -0.25) is 4.79 Å². The fourth-order valence-electron chi connectivity index (χ4n) is 2.31. The maximum atomic E-state index is 10.4. The maximum absolute atomic E-state index is 10.4. The molecule has 0 bridgehead atoms. The number of hydrogen-bond donors (Lipinski definition) is 1. The first-order valence-corrected chi connectivity index (χ1v) is 6.64. The highest BCUT2D eigenvalue weighted by atomic mass is 16.5. The van der Waals surface area contributed by atoms with Crippen LogP contribution in [0, 0.1) is 11.3 Å². The van der Waals surface area contributed by atoms with Gasteiger partial charge in [0, 0.05) is 19.3 Å². The summed E-state index contributed by atoms with van der Waals surface area (Å²) in [4.78, 5) is 16.6. The predicted octanol–water partition coefficient (Wildman–Crippen LogP) is 1.41. The van der Waals surface area contributed by atoms with Gasteiger partial charge >= 0.3 is 5.97 Å². The molecule has 1 fully saturated rings. The lowest BCUT2D eigenvalue weighted by Crippen LogP contribution is -2.37. The zero-order valence-electron chi connectivity index (χ0n) is 11.2. The van der Waals surface area contributed by atoms with Gasteiger partial charge in [0.2, 0.25) is 0 Å². The first kappa shape index (κ1) is 14.3. The van der Waals surface area contributed by atoms with Crippen molar-refractivity contribution < 1.29 is 14.6 Å². The van der Waals surface area contributed by atoms with E-state index in [1.54, 1.807) is 6.20 Å². The van der Waals surface area contributed by atoms with Crippen LogP contribution in [0.4, 0.5) is 5.69 Å². The van der Waals surface area contributed by atoms with Gasteiger partial charge in [0.1, 0.15) is 6.07 Å². The average Bonchev–Trinajstić information content (AvgIpc) is 2.47. The number of piperidine rings is 1. The predicted molar refractivity (Wildman–Crippen MR) is 72.4 cm³/mol. The van der Waals surface area contributed by atoms with Crippen LogP contribution in [0.2, 0.25) is 0 Å². The maximum Gasteiger partial charge on any atom is 0.305 e. The van der Waals surface area contributed by atoms with Gasteiger partial charge in [0.15, 0.2) is 5.69 Å². The quantitative estimate of drug-likeness (QED) is 0.874. The minimum absolute atomic E-state index is 0.0431. The van der Waals surface area contributed by atoms with Gasteiger partial charge in [-0.05, 0) is 25.0 Å². The molecule has 1 aliphatic heterocycles. The van der Waals surface area contributed by atoms with E-state index in [4.69, 9.17) is 15.1 Å². The van der Waals surface area contributed by atoms with Gasteiger partial charge in [0.25, 0.3) is 0 Å². The Kier molecular flexibility index (Phi) is 4.91. The number of rotatable bonds is 5. The third-order valence-electron chi connectivity index (χ3n) is 3.34. The molecule has 0 amide bonds.